The van der Waals surface area contributed by atoms with E-state index in [0.29, 0.717) is 6.04 Å². The third-order valence-corrected chi connectivity index (χ3v) is 5.92. The Kier molecular flexibility index (Phi) is 11.9. The summed E-state index contributed by atoms with van der Waals surface area (Å²) in [5.74, 6) is 0. The van der Waals surface area contributed by atoms with Gasteiger partial charge in [-0.3, -0.25) is 0 Å². The summed E-state index contributed by atoms with van der Waals surface area (Å²) in [6.45, 7) is 5.80. The van der Waals surface area contributed by atoms with Gasteiger partial charge in [-0.25, -0.2) is 0 Å². The zero-order chi connectivity index (χ0) is 18.4. The second kappa shape index (κ2) is 13.4. The van der Waals surface area contributed by atoms with Crippen molar-refractivity contribution in [1.82, 2.24) is 0 Å². The van der Waals surface area contributed by atoms with E-state index in [4.69, 9.17) is 0 Å². The maximum Gasteiger partial charge on any atom is 0.114 e. The molecule has 0 N–H and O–H groups in total. The van der Waals surface area contributed by atoms with Crippen molar-refractivity contribution in [2.24, 2.45) is 0 Å². The van der Waals surface area contributed by atoms with Crippen LogP contribution in [-0.4, -0.2) is 25.1 Å². The number of hydrogen-bond donors (Lipinski definition) is 0. The molecule has 1 aromatic rings. The van der Waals surface area contributed by atoms with Crippen molar-refractivity contribution in [3.05, 3.63) is 35.9 Å². The molecule has 1 nitrogen and oxygen atoms in total. The highest BCUT2D eigenvalue weighted by Gasteiger charge is 2.27. The van der Waals surface area contributed by atoms with Gasteiger partial charge in [-0.15, -0.1) is 0 Å². The monoisotopic (exact) mass is 346 g/mol. The highest BCUT2D eigenvalue weighted by Crippen LogP contribution is 2.30. The average Bonchev–Trinajstić information content (AvgIpc) is 2.63. The summed E-state index contributed by atoms with van der Waals surface area (Å²) < 4.78 is 1.10. The van der Waals surface area contributed by atoms with Gasteiger partial charge in [0, 0.05) is 12.0 Å². The van der Waals surface area contributed by atoms with Gasteiger partial charge in [0.2, 0.25) is 0 Å². The van der Waals surface area contributed by atoms with E-state index in [2.05, 4.69) is 58.3 Å². The molecule has 1 heteroatoms. The third-order valence-electron chi connectivity index (χ3n) is 5.92. The summed E-state index contributed by atoms with van der Waals surface area (Å²) in [5.41, 5.74) is 1.52. The molecule has 0 aromatic heterocycles. The van der Waals surface area contributed by atoms with Crippen LogP contribution in [0.2, 0.25) is 0 Å². The molecule has 0 spiro atoms. The molecular weight excluding hydrogens is 302 g/mol. The molecule has 25 heavy (non-hydrogen) atoms. The van der Waals surface area contributed by atoms with Gasteiger partial charge in [-0.2, -0.15) is 0 Å². The minimum absolute atomic E-state index is 0.643. The molecule has 1 rings (SSSR count). The fourth-order valence-corrected chi connectivity index (χ4v) is 3.82. The van der Waals surface area contributed by atoms with Gasteiger partial charge >= 0.3 is 0 Å². The lowest BCUT2D eigenvalue weighted by Gasteiger charge is -2.37. The number of rotatable bonds is 15. The minimum atomic E-state index is 0.643. The van der Waals surface area contributed by atoms with Gasteiger partial charge in [-0.1, -0.05) is 101 Å². The van der Waals surface area contributed by atoms with Crippen molar-refractivity contribution < 1.29 is 4.48 Å². The fourth-order valence-electron chi connectivity index (χ4n) is 3.82. The van der Waals surface area contributed by atoms with Crippen LogP contribution in [0.5, 0.6) is 0 Å². The molecule has 0 fully saturated rings. The molecule has 0 heterocycles. The second-order valence-corrected chi connectivity index (χ2v) is 8.35. The van der Waals surface area contributed by atoms with Crippen molar-refractivity contribution in [2.45, 2.75) is 96.9 Å². The van der Waals surface area contributed by atoms with Crippen molar-refractivity contribution in [1.29, 1.82) is 0 Å². The summed E-state index contributed by atoms with van der Waals surface area (Å²) in [4.78, 5) is 0. The molecule has 0 amide bonds. The molecule has 1 aromatic carbocycles. The molecule has 0 radical (unpaired) electrons. The SMILES string of the molecule is CCCCCCCCCCCCCC(c1ccccc1)[N+](C)(C)CC. The first kappa shape index (κ1) is 22.2. The number of benzene rings is 1. The summed E-state index contributed by atoms with van der Waals surface area (Å²) in [5, 5.41) is 0. The van der Waals surface area contributed by atoms with Gasteiger partial charge in [0.15, 0.2) is 0 Å². The van der Waals surface area contributed by atoms with E-state index in [1.54, 1.807) is 0 Å². The van der Waals surface area contributed by atoms with Crippen LogP contribution in [0.25, 0.3) is 0 Å². The van der Waals surface area contributed by atoms with E-state index in [1.165, 1.54) is 89.2 Å². The standard InChI is InChI=1S/C24H44N/c1-5-7-8-9-10-11-12-13-14-15-19-22-24(25(3,4)6-2)23-20-17-16-18-21-23/h16-18,20-21,24H,5-15,19,22H2,1-4H3/q+1. The Morgan fingerprint density at radius 2 is 1.16 bits per heavy atom. The molecule has 0 aliphatic rings. The van der Waals surface area contributed by atoms with Gasteiger partial charge in [0.1, 0.15) is 6.04 Å². The van der Waals surface area contributed by atoms with Crippen LogP contribution in [0.3, 0.4) is 0 Å². The summed E-state index contributed by atoms with van der Waals surface area (Å²) in [6, 6.07) is 11.8. The molecule has 0 bridgehead atoms. The van der Waals surface area contributed by atoms with Crippen molar-refractivity contribution >= 4 is 0 Å². The van der Waals surface area contributed by atoms with Gasteiger partial charge < -0.3 is 4.48 Å². The average molecular weight is 347 g/mol. The van der Waals surface area contributed by atoms with E-state index in [0.717, 1.165) is 4.48 Å². The quantitative estimate of drug-likeness (QED) is 0.227. The van der Waals surface area contributed by atoms with Crippen LogP contribution < -0.4 is 0 Å². The first-order valence-electron chi connectivity index (χ1n) is 11.0. The molecule has 0 saturated heterocycles. The maximum atomic E-state index is 2.39. The zero-order valence-corrected chi connectivity index (χ0v) is 17.6. The van der Waals surface area contributed by atoms with E-state index in [1.807, 2.05) is 0 Å². The third kappa shape index (κ3) is 9.45. The fraction of sp³-hybridized carbons (Fsp3) is 0.750. The number of quaternary nitrogens is 1. The number of hydrogen-bond acceptors (Lipinski definition) is 0. The Balaban J connectivity index is 2.19. The summed E-state index contributed by atoms with van der Waals surface area (Å²) in [7, 11) is 4.77. The second-order valence-electron chi connectivity index (χ2n) is 8.35. The zero-order valence-electron chi connectivity index (χ0n) is 17.6. The first-order valence-corrected chi connectivity index (χ1v) is 11.0. The van der Waals surface area contributed by atoms with E-state index in [9.17, 15) is 0 Å². The molecule has 1 atom stereocenters. The molecule has 0 aliphatic heterocycles. The van der Waals surface area contributed by atoms with E-state index >= 15 is 0 Å². The predicted octanol–water partition coefficient (Wildman–Crippen LogP) is 7.53. The van der Waals surface area contributed by atoms with Crippen LogP contribution in [0.4, 0.5) is 0 Å². The van der Waals surface area contributed by atoms with Gasteiger partial charge in [0.25, 0.3) is 0 Å². The van der Waals surface area contributed by atoms with Gasteiger partial charge in [-0.05, 0) is 13.3 Å². The maximum absolute atomic E-state index is 2.39. The lowest BCUT2D eigenvalue weighted by molar-refractivity contribution is -0.920. The Labute approximate surface area is 158 Å². The smallest absolute Gasteiger partial charge is 0.114 e. The summed E-state index contributed by atoms with van der Waals surface area (Å²) >= 11 is 0. The van der Waals surface area contributed by atoms with E-state index < -0.39 is 0 Å². The minimum Gasteiger partial charge on any atom is -0.323 e. The number of nitrogens with zero attached hydrogens (tertiary/aromatic N) is 1. The lowest BCUT2D eigenvalue weighted by Crippen LogP contribution is -2.42. The molecule has 0 saturated carbocycles. The van der Waals surface area contributed by atoms with Crippen LogP contribution in [0.1, 0.15) is 103 Å². The van der Waals surface area contributed by atoms with Crippen LogP contribution in [-0.2, 0) is 0 Å². The Morgan fingerprint density at radius 1 is 0.680 bits per heavy atom. The van der Waals surface area contributed by atoms with E-state index in [-0.39, 0.29) is 0 Å². The predicted molar refractivity (Wildman–Crippen MR) is 113 cm³/mol. The lowest BCUT2D eigenvalue weighted by atomic mass is 9.96. The number of unbranched alkanes of at least 4 members (excludes halogenated alkanes) is 10. The summed E-state index contributed by atoms with van der Waals surface area (Å²) in [6.07, 6.45) is 17.0. The normalized spacial score (nSPS) is 13.1. The van der Waals surface area contributed by atoms with Crippen LogP contribution in [0.15, 0.2) is 30.3 Å². The highest BCUT2D eigenvalue weighted by molar-refractivity contribution is 5.17. The topological polar surface area (TPSA) is 0 Å². The molecule has 1 unspecified atom stereocenters. The first-order chi connectivity index (χ1) is 12.1. The molecular formula is C24H44N+. The van der Waals surface area contributed by atoms with Crippen molar-refractivity contribution in [3.8, 4) is 0 Å². The highest BCUT2D eigenvalue weighted by atomic mass is 15.3. The Hall–Kier alpha value is -0.820. The van der Waals surface area contributed by atoms with Crippen LogP contribution in [0, 0.1) is 0 Å². The van der Waals surface area contributed by atoms with Crippen molar-refractivity contribution in [3.63, 3.8) is 0 Å². The molecule has 144 valence electrons. The van der Waals surface area contributed by atoms with Gasteiger partial charge in [0.05, 0.1) is 20.6 Å². The van der Waals surface area contributed by atoms with Crippen molar-refractivity contribution in [2.75, 3.05) is 20.6 Å². The molecule has 0 aliphatic carbocycles. The Morgan fingerprint density at radius 3 is 1.64 bits per heavy atom. The largest absolute Gasteiger partial charge is 0.323 e. The van der Waals surface area contributed by atoms with Crippen LogP contribution >= 0.6 is 0 Å². The Bertz CT molecular complexity index is 409.